The molecule has 0 aliphatic rings. The van der Waals surface area contributed by atoms with E-state index in [1.165, 1.54) is 0 Å². The first-order valence-electron chi connectivity index (χ1n) is 6.69. The normalized spacial score (nSPS) is 12.2. The lowest BCUT2D eigenvalue weighted by molar-refractivity contribution is -0.385. The Hall–Kier alpha value is -1.86. The van der Waals surface area contributed by atoms with Crippen LogP contribution in [0.4, 0.5) is 11.4 Å². The molecule has 21 heavy (non-hydrogen) atoms. The van der Waals surface area contributed by atoms with Crippen molar-refractivity contribution in [1.29, 1.82) is 0 Å². The zero-order valence-electron chi connectivity index (χ0n) is 12.8. The monoisotopic (exact) mass is 298 g/mol. The van der Waals surface area contributed by atoms with Crippen molar-refractivity contribution >= 4 is 11.4 Å². The van der Waals surface area contributed by atoms with Gasteiger partial charge in [-0.3, -0.25) is 10.1 Å². The molecule has 1 N–H and O–H groups in total. The van der Waals surface area contributed by atoms with Gasteiger partial charge in [0.2, 0.25) is 0 Å². The van der Waals surface area contributed by atoms with Gasteiger partial charge in [0, 0.05) is 20.8 Å². The average Bonchev–Trinajstić information content (AvgIpc) is 2.42. The van der Waals surface area contributed by atoms with E-state index in [1.807, 2.05) is 13.8 Å². The minimum atomic E-state index is -0.446. The fourth-order valence-electron chi connectivity index (χ4n) is 1.82. The molecular formula is C14H22N2O5. The Morgan fingerprint density at radius 2 is 2.05 bits per heavy atom. The van der Waals surface area contributed by atoms with Crippen LogP contribution >= 0.6 is 0 Å². The summed E-state index contributed by atoms with van der Waals surface area (Å²) in [6, 6.07) is 4.95. The molecule has 0 spiro atoms. The van der Waals surface area contributed by atoms with Gasteiger partial charge in [-0.15, -0.1) is 0 Å². The SMILES string of the molecule is COCC(CNc1cccc(OC(C)C)c1[N+](=O)[O-])OC. The maximum absolute atomic E-state index is 11.3. The Bertz CT molecular complexity index is 465. The standard InChI is InChI=1S/C14H22N2O5/c1-10(2)21-13-7-5-6-12(14(13)16(17)18)15-8-11(20-4)9-19-3/h5-7,10-11,15H,8-9H2,1-4H3. The molecule has 7 nitrogen and oxygen atoms in total. The van der Waals surface area contributed by atoms with Gasteiger partial charge in [-0.1, -0.05) is 6.07 Å². The molecule has 0 aliphatic carbocycles. The van der Waals surface area contributed by atoms with Crippen molar-refractivity contribution in [3.05, 3.63) is 28.3 Å². The van der Waals surface area contributed by atoms with Gasteiger partial charge in [-0.05, 0) is 26.0 Å². The minimum absolute atomic E-state index is 0.0709. The lowest BCUT2D eigenvalue weighted by Gasteiger charge is -2.17. The zero-order valence-corrected chi connectivity index (χ0v) is 12.8. The maximum Gasteiger partial charge on any atom is 0.333 e. The van der Waals surface area contributed by atoms with Gasteiger partial charge in [-0.25, -0.2) is 0 Å². The van der Waals surface area contributed by atoms with Crippen molar-refractivity contribution in [1.82, 2.24) is 0 Å². The maximum atomic E-state index is 11.3. The highest BCUT2D eigenvalue weighted by Gasteiger charge is 2.22. The molecule has 1 rings (SSSR count). The van der Waals surface area contributed by atoms with Crippen LogP contribution in [0.3, 0.4) is 0 Å². The number of rotatable bonds is 9. The van der Waals surface area contributed by atoms with E-state index in [9.17, 15) is 10.1 Å². The number of hydrogen-bond donors (Lipinski definition) is 1. The third kappa shape index (κ3) is 5.20. The van der Waals surface area contributed by atoms with Gasteiger partial charge < -0.3 is 19.5 Å². The van der Waals surface area contributed by atoms with Crippen LogP contribution in [0.25, 0.3) is 0 Å². The molecule has 0 aliphatic heterocycles. The quantitative estimate of drug-likeness (QED) is 0.557. The summed E-state index contributed by atoms with van der Waals surface area (Å²) < 4.78 is 15.7. The predicted octanol–water partition coefficient (Wildman–Crippen LogP) is 2.46. The topological polar surface area (TPSA) is 82.9 Å². The second kappa shape index (κ2) is 8.43. The first-order valence-corrected chi connectivity index (χ1v) is 6.69. The van der Waals surface area contributed by atoms with Gasteiger partial charge in [0.05, 0.1) is 23.7 Å². The number of anilines is 1. The van der Waals surface area contributed by atoms with Crippen molar-refractivity contribution in [2.45, 2.75) is 26.1 Å². The second-order valence-corrected chi connectivity index (χ2v) is 4.77. The lowest BCUT2D eigenvalue weighted by atomic mass is 10.2. The number of nitrogens with zero attached hydrogens (tertiary/aromatic N) is 1. The van der Waals surface area contributed by atoms with Crippen LogP contribution in [-0.2, 0) is 9.47 Å². The van der Waals surface area contributed by atoms with Gasteiger partial charge in [-0.2, -0.15) is 0 Å². The first kappa shape index (κ1) is 17.2. The zero-order chi connectivity index (χ0) is 15.8. The lowest BCUT2D eigenvalue weighted by Crippen LogP contribution is -2.26. The Kier molecular flexibility index (Phi) is 6.90. The van der Waals surface area contributed by atoms with Crippen molar-refractivity contribution < 1.29 is 19.1 Å². The van der Waals surface area contributed by atoms with Crippen LogP contribution < -0.4 is 10.1 Å². The second-order valence-electron chi connectivity index (χ2n) is 4.77. The Balaban J connectivity index is 2.93. The number of nitro benzene ring substituents is 1. The molecule has 0 radical (unpaired) electrons. The van der Waals surface area contributed by atoms with Crippen LogP contribution in [0.1, 0.15) is 13.8 Å². The summed E-state index contributed by atoms with van der Waals surface area (Å²) in [5.41, 5.74) is 0.328. The van der Waals surface area contributed by atoms with E-state index < -0.39 is 4.92 Å². The highest BCUT2D eigenvalue weighted by Crippen LogP contribution is 2.35. The van der Waals surface area contributed by atoms with Gasteiger partial charge in [0.1, 0.15) is 5.69 Å². The highest BCUT2D eigenvalue weighted by atomic mass is 16.6. The average molecular weight is 298 g/mol. The molecule has 1 aromatic rings. The summed E-state index contributed by atoms with van der Waals surface area (Å²) in [6.07, 6.45) is -0.330. The number of benzene rings is 1. The summed E-state index contributed by atoms with van der Waals surface area (Å²) in [4.78, 5) is 10.8. The summed E-state index contributed by atoms with van der Waals surface area (Å²) in [5.74, 6) is 0.251. The Labute approximate surface area is 124 Å². The molecule has 0 bridgehead atoms. The van der Waals surface area contributed by atoms with Gasteiger partial charge in [0.25, 0.3) is 0 Å². The van der Waals surface area contributed by atoms with Crippen LogP contribution in [0, 0.1) is 10.1 Å². The predicted molar refractivity (Wildman–Crippen MR) is 80.0 cm³/mol. The van der Waals surface area contributed by atoms with E-state index in [0.717, 1.165) is 0 Å². The molecule has 1 atom stereocenters. The molecule has 0 aromatic heterocycles. The summed E-state index contributed by atoms with van der Waals surface area (Å²) in [6.45, 7) is 4.45. The largest absolute Gasteiger partial charge is 0.484 e. The summed E-state index contributed by atoms with van der Waals surface area (Å²) in [7, 11) is 3.14. The number of nitro groups is 1. The smallest absolute Gasteiger partial charge is 0.333 e. The minimum Gasteiger partial charge on any atom is -0.484 e. The van der Waals surface area contributed by atoms with Crippen LogP contribution in [-0.4, -0.2) is 44.5 Å². The van der Waals surface area contributed by atoms with Gasteiger partial charge in [0.15, 0.2) is 5.75 Å². The fraction of sp³-hybridized carbons (Fsp3) is 0.571. The van der Waals surface area contributed by atoms with Gasteiger partial charge >= 0.3 is 5.69 Å². The number of ether oxygens (including phenoxy) is 3. The third-order valence-corrected chi connectivity index (χ3v) is 2.75. The Morgan fingerprint density at radius 3 is 2.57 bits per heavy atom. The van der Waals surface area contributed by atoms with Crippen LogP contribution in [0.2, 0.25) is 0 Å². The number of methoxy groups -OCH3 is 2. The number of para-hydroxylation sites is 1. The van der Waals surface area contributed by atoms with E-state index in [2.05, 4.69) is 5.32 Å². The molecule has 0 saturated heterocycles. The number of nitrogens with one attached hydrogen (secondary N) is 1. The molecule has 7 heteroatoms. The Morgan fingerprint density at radius 1 is 1.33 bits per heavy atom. The van der Waals surface area contributed by atoms with E-state index in [-0.39, 0.29) is 23.6 Å². The van der Waals surface area contributed by atoms with Crippen LogP contribution in [0.5, 0.6) is 5.75 Å². The summed E-state index contributed by atoms with van der Waals surface area (Å²) >= 11 is 0. The van der Waals surface area contributed by atoms with Crippen molar-refractivity contribution in [3.63, 3.8) is 0 Å². The van der Waals surface area contributed by atoms with E-state index in [1.54, 1.807) is 32.4 Å². The molecule has 0 saturated carbocycles. The molecular weight excluding hydrogens is 276 g/mol. The fourth-order valence-corrected chi connectivity index (χ4v) is 1.82. The summed E-state index contributed by atoms with van der Waals surface area (Å²) in [5, 5.41) is 14.3. The molecule has 0 fully saturated rings. The molecule has 118 valence electrons. The molecule has 1 aromatic carbocycles. The van der Waals surface area contributed by atoms with E-state index >= 15 is 0 Å². The highest BCUT2D eigenvalue weighted by molar-refractivity contribution is 5.68. The van der Waals surface area contributed by atoms with E-state index in [0.29, 0.717) is 18.8 Å². The van der Waals surface area contributed by atoms with E-state index in [4.69, 9.17) is 14.2 Å². The molecule has 0 heterocycles. The van der Waals surface area contributed by atoms with Crippen LogP contribution in [0.15, 0.2) is 18.2 Å². The third-order valence-electron chi connectivity index (χ3n) is 2.75. The number of hydrogen-bond acceptors (Lipinski definition) is 6. The first-order chi connectivity index (χ1) is 9.99. The molecule has 1 unspecified atom stereocenters. The van der Waals surface area contributed by atoms with Crippen molar-refractivity contribution in [3.8, 4) is 5.75 Å². The van der Waals surface area contributed by atoms with Crippen molar-refractivity contribution in [2.75, 3.05) is 32.7 Å². The molecule has 0 amide bonds. The van der Waals surface area contributed by atoms with Crippen molar-refractivity contribution in [2.24, 2.45) is 0 Å².